The predicted octanol–water partition coefficient (Wildman–Crippen LogP) is 4.69. The Morgan fingerprint density at radius 1 is 1.14 bits per heavy atom. The van der Waals surface area contributed by atoms with Gasteiger partial charge in [-0.05, 0) is 6.42 Å². The third kappa shape index (κ3) is 1.92. The summed E-state index contributed by atoms with van der Waals surface area (Å²) in [6.45, 7) is 5.72. The molecule has 2 heterocycles. The Morgan fingerprint density at radius 3 is 1.93 bits per heavy atom. The van der Waals surface area contributed by atoms with E-state index in [-0.39, 0.29) is 0 Å². The summed E-state index contributed by atoms with van der Waals surface area (Å²) in [6, 6.07) is 0. The lowest BCUT2D eigenvalue weighted by Crippen LogP contribution is -2.48. The molecule has 0 N–H and O–H groups in total. The normalized spacial score (nSPS) is 36.6. The van der Waals surface area contributed by atoms with E-state index in [1.54, 1.807) is 0 Å². The number of alkyl halides is 1. The maximum absolute atomic E-state index is 4.00. The summed E-state index contributed by atoms with van der Waals surface area (Å²) < 4.78 is 0.420. The van der Waals surface area contributed by atoms with Gasteiger partial charge in [-0.15, -0.1) is 0 Å². The second kappa shape index (κ2) is 4.19. The van der Waals surface area contributed by atoms with Crippen molar-refractivity contribution >= 4 is 22.6 Å². The first-order valence-corrected chi connectivity index (χ1v) is 7.13. The number of hydrogen-bond acceptors (Lipinski definition) is 0. The Hall–Kier alpha value is 0.545. The van der Waals surface area contributed by atoms with E-state index in [0.29, 0.717) is 4.22 Å². The van der Waals surface area contributed by atoms with Crippen molar-refractivity contribution in [2.45, 2.75) is 74.7 Å². The lowest BCUT2D eigenvalue weighted by Gasteiger charge is -2.47. The summed E-state index contributed by atoms with van der Waals surface area (Å²) in [7, 11) is 0. The molecule has 80 valence electrons. The van der Waals surface area contributed by atoms with Gasteiger partial charge in [-0.1, -0.05) is 79.9 Å². The van der Waals surface area contributed by atoms with Crippen LogP contribution in [0.15, 0.2) is 0 Å². The van der Waals surface area contributed by atoms with Gasteiger partial charge in [0.05, 0.1) is 0 Å². The first-order chi connectivity index (χ1) is 6.65. The van der Waals surface area contributed by atoms with Crippen molar-refractivity contribution in [2.24, 2.45) is 0 Å². The second-order valence-corrected chi connectivity index (χ2v) is 7.35. The fraction of sp³-hybridized carbons (Fsp3) is 1.00. The van der Waals surface area contributed by atoms with Gasteiger partial charge in [0.25, 0.3) is 0 Å². The highest BCUT2D eigenvalue weighted by molar-refractivity contribution is 9.10. The largest absolute Gasteiger partial charge is 0.166 e. The van der Waals surface area contributed by atoms with Crippen LogP contribution >= 0.6 is 15.9 Å². The van der Waals surface area contributed by atoms with E-state index in [4.69, 9.17) is 0 Å². The zero-order valence-electron chi connectivity index (χ0n) is 9.56. The fourth-order valence-corrected chi connectivity index (χ4v) is 4.64. The zero-order chi connectivity index (χ0) is 10.2. The molecule has 2 bridgehead atoms. The van der Waals surface area contributed by atoms with Crippen LogP contribution in [0.2, 0.25) is 11.6 Å². The smallest absolute Gasteiger partial charge is 0.0947 e. The van der Waals surface area contributed by atoms with Crippen LogP contribution in [0.4, 0.5) is 0 Å². The molecule has 0 amide bonds. The van der Waals surface area contributed by atoms with Crippen LogP contribution in [0.5, 0.6) is 0 Å². The van der Waals surface area contributed by atoms with Gasteiger partial charge in [-0.3, -0.25) is 0 Å². The van der Waals surface area contributed by atoms with Gasteiger partial charge in [0.1, 0.15) is 0 Å². The predicted molar refractivity (Wildman–Crippen MR) is 68.6 cm³/mol. The standard InChI is InChI=1S/C12H22BBr/c1-3-12(2,14)13-10-6-4-7-11(13)9-5-8-10/h10-11H,3-9H2,1-2H3. The molecular weight excluding hydrogens is 235 g/mol. The van der Waals surface area contributed by atoms with Crippen LogP contribution in [0.25, 0.3) is 0 Å². The molecule has 1 atom stereocenters. The molecule has 0 saturated carbocycles. The quantitative estimate of drug-likeness (QED) is 0.497. The van der Waals surface area contributed by atoms with E-state index in [9.17, 15) is 0 Å². The van der Waals surface area contributed by atoms with Gasteiger partial charge >= 0.3 is 0 Å². The Kier molecular flexibility index (Phi) is 3.31. The summed E-state index contributed by atoms with van der Waals surface area (Å²) in [4.78, 5) is 0. The minimum absolute atomic E-state index is 0.420. The second-order valence-electron chi connectivity index (χ2n) is 5.54. The van der Waals surface area contributed by atoms with Crippen LogP contribution in [-0.2, 0) is 0 Å². The molecule has 0 aromatic heterocycles. The van der Waals surface area contributed by atoms with E-state index in [0.717, 1.165) is 18.3 Å². The number of rotatable bonds is 2. The molecule has 2 saturated heterocycles. The summed E-state index contributed by atoms with van der Waals surface area (Å²) in [5.41, 5.74) is 0. The maximum Gasteiger partial charge on any atom is 0.166 e. The topological polar surface area (TPSA) is 0 Å². The number of fused-ring (bicyclic) bond motifs is 2. The summed E-state index contributed by atoms with van der Waals surface area (Å²) in [5, 5.41) is 0. The van der Waals surface area contributed by atoms with Gasteiger partial charge in [-0.25, -0.2) is 0 Å². The molecule has 0 nitrogen and oxygen atoms in total. The highest BCUT2D eigenvalue weighted by Gasteiger charge is 2.47. The van der Waals surface area contributed by atoms with E-state index in [1.165, 1.54) is 44.9 Å². The molecule has 2 aliphatic rings. The molecule has 14 heavy (non-hydrogen) atoms. The third-order valence-electron chi connectivity index (χ3n) is 4.70. The lowest BCUT2D eigenvalue weighted by molar-refractivity contribution is 0.432. The van der Waals surface area contributed by atoms with E-state index in [2.05, 4.69) is 29.8 Å². The molecule has 0 aliphatic carbocycles. The highest BCUT2D eigenvalue weighted by atomic mass is 79.9. The first-order valence-electron chi connectivity index (χ1n) is 6.34. The fourth-order valence-electron chi connectivity index (χ4n) is 3.89. The van der Waals surface area contributed by atoms with Crippen molar-refractivity contribution in [1.82, 2.24) is 0 Å². The van der Waals surface area contributed by atoms with Gasteiger partial charge < -0.3 is 0 Å². The molecule has 0 aromatic rings. The summed E-state index contributed by atoms with van der Waals surface area (Å²) >= 11 is 4.00. The van der Waals surface area contributed by atoms with Crippen molar-refractivity contribution < 1.29 is 0 Å². The third-order valence-corrected chi connectivity index (χ3v) is 5.79. The Balaban J connectivity index is 2.15. The van der Waals surface area contributed by atoms with Gasteiger partial charge in [0, 0.05) is 4.22 Å². The molecule has 2 fully saturated rings. The van der Waals surface area contributed by atoms with Crippen molar-refractivity contribution in [3.63, 3.8) is 0 Å². The van der Waals surface area contributed by atoms with Crippen molar-refractivity contribution in [3.05, 3.63) is 0 Å². The van der Waals surface area contributed by atoms with E-state index in [1.807, 2.05) is 0 Å². The van der Waals surface area contributed by atoms with Crippen molar-refractivity contribution in [2.75, 3.05) is 0 Å². The van der Waals surface area contributed by atoms with Crippen LogP contribution in [0.3, 0.4) is 0 Å². The Bertz CT molecular complexity index is 180. The number of hydrogen-bond donors (Lipinski definition) is 0. The molecule has 0 aromatic carbocycles. The lowest BCUT2D eigenvalue weighted by atomic mass is 9.22. The van der Waals surface area contributed by atoms with Gasteiger partial charge in [0.2, 0.25) is 0 Å². The molecule has 2 heteroatoms. The van der Waals surface area contributed by atoms with Crippen LogP contribution in [0.1, 0.15) is 58.8 Å². The minimum Gasteiger partial charge on any atom is -0.0947 e. The van der Waals surface area contributed by atoms with Crippen LogP contribution in [-0.4, -0.2) is 10.9 Å². The highest BCUT2D eigenvalue weighted by Crippen LogP contribution is 2.52. The molecule has 1 unspecified atom stereocenters. The van der Waals surface area contributed by atoms with Crippen molar-refractivity contribution in [1.29, 1.82) is 0 Å². The first kappa shape index (κ1) is 11.0. The minimum atomic E-state index is 0.420. The Labute approximate surface area is 97.4 Å². The number of halogens is 1. The summed E-state index contributed by atoms with van der Waals surface area (Å²) in [5.74, 6) is 2.07. The zero-order valence-corrected chi connectivity index (χ0v) is 11.1. The van der Waals surface area contributed by atoms with Crippen LogP contribution < -0.4 is 0 Å². The van der Waals surface area contributed by atoms with E-state index >= 15 is 0 Å². The van der Waals surface area contributed by atoms with Crippen LogP contribution in [0, 0.1) is 0 Å². The molecule has 2 aliphatic heterocycles. The molecule has 0 spiro atoms. The van der Waals surface area contributed by atoms with Crippen molar-refractivity contribution in [3.8, 4) is 0 Å². The molecular formula is C12H22BBr. The van der Waals surface area contributed by atoms with Gasteiger partial charge in [-0.2, -0.15) is 0 Å². The SMILES string of the molecule is CCC(C)(Br)B1C2CCCC1CCC2. The Morgan fingerprint density at radius 2 is 1.57 bits per heavy atom. The monoisotopic (exact) mass is 256 g/mol. The van der Waals surface area contributed by atoms with Gasteiger partial charge in [0.15, 0.2) is 6.71 Å². The molecule has 2 rings (SSSR count). The summed E-state index contributed by atoms with van der Waals surface area (Å²) in [6.07, 6.45) is 10.3. The average molecular weight is 257 g/mol. The average Bonchev–Trinajstić information content (AvgIpc) is 2.16. The maximum atomic E-state index is 4.00. The molecule has 0 radical (unpaired) electrons. The van der Waals surface area contributed by atoms with E-state index < -0.39 is 0 Å².